The first-order valence-corrected chi connectivity index (χ1v) is 6.63. The zero-order valence-corrected chi connectivity index (χ0v) is 11.5. The Morgan fingerprint density at radius 2 is 2.18 bits per heavy atom. The molecular weight excluding hydrogens is 354 g/mol. The van der Waals surface area contributed by atoms with Crippen LogP contribution in [0.4, 0.5) is 15.8 Å². The van der Waals surface area contributed by atoms with Crippen LogP contribution >= 0.6 is 33.9 Å². The fourth-order valence-corrected chi connectivity index (χ4v) is 2.60. The minimum Gasteiger partial charge on any atom is -0.397 e. The predicted molar refractivity (Wildman–Crippen MR) is 75.8 cm³/mol. The number of hydrogen-bond donors (Lipinski definition) is 2. The molecule has 0 unspecified atom stereocenters. The Balaban J connectivity index is 2.22. The van der Waals surface area contributed by atoms with Crippen LogP contribution in [0.2, 0.25) is 0 Å². The van der Waals surface area contributed by atoms with E-state index in [1.807, 2.05) is 22.6 Å². The number of halogens is 2. The van der Waals surface area contributed by atoms with Crippen LogP contribution in [0.3, 0.4) is 0 Å². The van der Waals surface area contributed by atoms with Gasteiger partial charge in [0.15, 0.2) is 0 Å². The van der Waals surface area contributed by atoms with Gasteiger partial charge in [0.25, 0.3) is 5.91 Å². The molecule has 1 heterocycles. The first-order valence-electron chi connectivity index (χ1n) is 4.67. The molecule has 1 amide bonds. The van der Waals surface area contributed by atoms with E-state index < -0.39 is 0 Å². The average molecular weight is 362 g/mol. The first-order chi connectivity index (χ1) is 8.08. The molecule has 0 saturated heterocycles. The molecule has 2 rings (SSSR count). The van der Waals surface area contributed by atoms with Crippen LogP contribution in [0.25, 0.3) is 0 Å². The van der Waals surface area contributed by atoms with Gasteiger partial charge in [0.1, 0.15) is 10.7 Å². The number of nitrogens with one attached hydrogen (secondary N) is 1. The molecule has 0 spiro atoms. The lowest BCUT2D eigenvalue weighted by molar-refractivity contribution is 0.103. The van der Waals surface area contributed by atoms with Crippen molar-refractivity contribution < 1.29 is 9.18 Å². The van der Waals surface area contributed by atoms with Crippen LogP contribution in [0.5, 0.6) is 0 Å². The van der Waals surface area contributed by atoms with Gasteiger partial charge in [-0.25, -0.2) is 4.39 Å². The third-order valence-corrected chi connectivity index (χ3v) is 3.90. The molecule has 0 atom stereocenters. The summed E-state index contributed by atoms with van der Waals surface area (Å²) >= 11 is 3.24. The molecule has 0 aliphatic heterocycles. The Kier molecular flexibility index (Phi) is 3.63. The molecule has 0 bridgehead atoms. The van der Waals surface area contributed by atoms with E-state index in [0.717, 1.165) is 0 Å². The highest BCUT2D eigenvalue weighted by atomic mass is 127. The maximum absolute atomic E-state index is 12.9. The van der Waals surface area contributed by atoms with Gasteiger partial charge in [0.05, 0.1) is 11.4 Å². The zero-order valence-electron chi connectivity index (χ0n) is 8.54. The summed E-state index contributed by atoms with van der Waals surface area (Å²) < 4.78 is 13.5. The number of amides is 1. The topological polar surface area (TPSA) is 55.1 Å². The van der Waals surface area contributed by atoms with E-state index in [0.29, 0.717) is 19.8 Å². The van der Waals surface area contributed by atoms with E-state index in [9.17, 15) is 9.18 Å². The molecule has 0 aliphatic carbocycles. The van der Waals surface area contributed by atoms with Gasteiger partial charge >= 0.3 is 0 Å². The smallest absolute Gasteiger partial charge is 0.267 e. The number of thiophene rings is 1. The van der Waals surface area contributed by atoms with Crippen LogP contribution < -0.4 is 11.1 Å². The molecule has 6 heteroatoms. The summed E-state index contributed by atoms with van der Waals surface area (Å²) in [5, 5.41) is 4.45. The van der Waals surface area contributed by atoms with Crippen molar-refractivity contribution in [2.45, 2.75) is 0 Å². The molecule has 0 fully saturated rings. The molecule has 0 saturated carbocycles. The number of anilines is 2. The number of carbonyl (C=O) groups excluding carboxylic acids is 1. The van der Waals surface area contributed by atoms with Gasteiger partial charge in [-0.15, -0.1) is 11.3 Å². The minimum absolute atomic E-state index is 0.276. The molecule has 2 aromatic rings. The summed E-state index contributed by atoms with van der Waals surface area (Å²) in [7, 11) is 0. The molecule has 88 valence electrons. The van der Waals surface area contributed by atoms with Crippen molar-refractivity contribution in [2.24, 2.45) is 0 Å². The van der Waals surface area contributed by atoms with Gasteiger partial charge in [-0.1, -0.05) is 0 Å². The van der Waals surface area contributed by atoms with E-state index in [1.54, 1.807) is 11.4 Å². The van der Waals surface area contributed by atoms with E-state index in [4.69, 9.17) is 5.73 Å². The minimum atomic E-state index is -0.331. The monoisotopic (exact) mass is 362 g/mol. The molecule has 17 heavy (non-hydrogen) atoms. The quantitative estimate of drug-likeness (QED) is 0.806. The third kappa shape index (κ3) is 2.75. The second kappa shape index (κ2) is 5.01. The summed E-state index contributed by atoms with van der Waals surface area (Å²) in [5.74, 6) is -0.606. The Morgan fingerprint density at radius 1 is 1.41 bits per heavy atom. The molecule has 0 radical (unpaired) electrons. The SMILES string of the molecule is Nc1ccsc1C(=O)Nc1ccc(F)cc1I. The normalized spacial score (nSPS) is 10.2. The summed E-state index contributed by atoms with van der Waals surface area (Å²) in [6.45, 7) is 0. The molecule has 0 aliphatic rings. The summed E-state index contributed by atoms with van der Waals surface area (Å²) in [6, 6.07) is 5.86. The summed E-state index contributed by atoms with van der Waals surface area (Å²) in [6.07, 6.45) is 0. The second-order valence-corrected chi connectivity index (χ2v) is 5.36. The van der Waals surface area contributed by atoms with Crippen molar-refractivity contribution in [3.05, 3.63) is 43.9 Å². The molecule has 3 nitrogen and oxygen atoms in total. The van der Waals surface area contributed by atoms with Crippen LogP contribution in [0.1, 0.15) is 9.67 Å². The predicted octanol–water partition coefficient (Wildman–Crippen LogP) is 3.33. The van der Waals surface area contributed by atoms with Crippen molar-refractivity contribution in [1.82, 2.24) is 0 Å². The molecular formula is C11H8FIN2OS. The van der Waals surface area contributed by atoms with Gasteiger partial charge in [-0.2, -0.15) is 0 Å². The Bertz CT molecular complexity index is 570. The van der Waals surface area contributed by atoms with Gasteiger partial charge < -0.3 is 11.1 Å². The van der Waals surface area contributed by atoms with E-state index in [2.05, 4.69) is 5.32 Å². The number of benzene rings is 1. The van der Waals surface area contributed by atoms with E-state index >= 15 is 0 Å². The number of carbonyl (C=O) groups is 1. The van der Waals surface area contributed by atoms with Gasteiger partial charge in [0, 0.05) is 3.57 Å². The maximum Gasteiger partial charge on any atom is 0.267 e. The molecule has 1 aromatic heterocycles. The Labute approximate surface area is 115 Å². The summed E-state index contributed by atoms with van der Waals surface area (Å²) in [5.41, 5.74) is 6.67. The average Bonchev–Trinajstić information content (AvgIpc) is 2.68. The van der Waals surface area contributed by atoms with Crippen molar-refractivity contribution >= 4 is 51.2 Å². The lowest BCUT2D eigenvalue weighted by atomic mass is 10.3. The highest BCUT2D eigenvalue weighted by Gasteiger charge is 2.12. The number of nitrogen functional groups attached to an aromatic ring is 1. The van der Waals surface area contributed by atoms with Crippen molar-refractivity contribution in [2.75, 3.05) is 11.1 Å². The lowest BCUT2D eigenvalue weighted by Crippen LogP contribution is -2.12. The second-order valence-electron chi connectivity index (χ2n) is 3.28. The van der Waals surface area contributed by atoms with Gasteiger partial charge in [0.2, 0.25) is 0 Å². The largest absolute Gasteiger partial charge is 0.397 e. The third-order valence-electron chi connectivity index (χ3n) is 2.08. The lowest BCUT2D eigenvalue weighted by Gasteiger charge is -2.06. The van der Waals surface area contributed by atoms with Crippen LogP contribution in [-0.2, 0) is 0 Å². The fourth-order valence-electron chi connectivity index (χ4n) is 1.27. The highest BCUT2D eigenvalue weighted by molar-refractivity contribution is 14.1. The van der Waals surface area contributed by atoms with Crippen molar-refractivity contribution in [3.63, 3.8) is 0 Å². The highest BCUT2D eigenvalue weighted by Crippen LogP contribution is 2.23. The standard InChI is InChI=1S/C11H8FIN2OS/c12-6-1-2-9(7(13)5-6)15-11(16)10-8(14)3-4-17-10/h1-5H,14H2,(H,15,16). The molecule has 1 aromatic carbocycles. The number of hydrogen-bond acceptors (Lipinski definition) is 3. The number of nitrogens with two attached hydrogens (primary N) is 1. The molecule has 3 N–H and O–H groups in total. The van der Waals surface area contributed by atoms with Crippen LogP contribution in [0, 0.1) is 9.39 Å². The van der Waals surface area contributed by atoms with Crippen molar-refractivity contribution in [3.8, 4) is 0 Å². The van der Waals surface area contributed by atoms with Crippen LogP contribution in [-0.4, -0.2) is 5.91 Å². The summed E-state index contributed by atoms with van der Waals surface area (Å²) in [4.78, 5) is 12.3. The Morgan fingerprint density at radius 3 is 2.76 bits per heavy atom. The van der Waals surface area contributed by atoms with Crippen molar-refractivity contribution in [1.29, 1.82) is 0 Å². The fraction of sp³-hybridized carbons (Fsp3) is 0. The zero-order chi connectivity index (χ0) is 12.4. The first kappa shape index (κ1) is 12.3. The van der Waals surface area contributed by atoms with Gasteiger partial charge in [-0.05, 0) is 52.2 Å². The number of rotatable bonds is 2. The van der Waals surface area contributed by atoms with Crippen LogP contribution in [0.15, 0.2) is 29.6 Å². The van der Waals surface area contributed by atoms with E-state index in [1.165, 1.54) is 29.5 Å². The maximum atomic E-state index is 12.9. The van der Waals surface area contributed by atoms with E-state index in [-0.39, 0.29) is 11.7 Å². The van der Waals surface area contributed by atoms with Gasteiger partial charge in [-0.3, -0.25) is 4.79 Å². The Hall–Kier alpha value is -1.15.